The van der Waals surface area contributed by atoms with Gasteiger partial charge in [-0.05, 0) is 30.7 Å². The summed E-state index contributed by atoms with van der Waals surface area (Å²) in [5.41, 5.74) is 10.8. The van der Waals surface area contributed by atoms with Gasteiger partial charge in [0.1, 0.15) is 12.0 Å². The molecule has 8 heteroatoms. The second-order valence-corrected chi connectivity index (χ2v) is 7.25. The molecular weight excluding hydrogens is 406 g/mol. The molecule has 0 spiro atoms. The summed E-state index contributed by atoms with van der Waals surface area (Å²) >= 11 is 0. The van der Waals surface area contributed by atoms with Crippen molar-refractivity contribution < 1.29 is 14.3 Å². The highest BCUT2D eigenvalue weighted by atomic mass is 16.7. The molecule has 0 fully saturated rings. The van der Waals surface area contributed by atoms with E-state index in [0.717, 1.165) is 28.5 Å². The molecule has 4 rings (SSSR count). The first-order valence-electron chi connectivity index (χ1n) is 10.0. The normalized spacial score (nSPS) is 11.8. The summed E-state index contributed by atoms with van der Waals surface area (Å²) in [6.45, 7) is 2.17. The van der Waals surface area contributed by atoms with Gasteiger partial charge in [-0.3, -0.25) is 9.48 Å². The van der Waals surface area contributed by atoms with Crippen LogP contribution in [0.1, 0.15) is 28.9 Å². The fourth-order valence-electron chi connectivity index (χ4n) is 3.39. The third-order valence-electron chi connectivity index (χ3n) is 5.18. The lowest BCUT2D eigenvalue weighted by Crippen LogP contribution is -2.07. The molecule has 2 heterocycles. The van der Waals surface area contributed by atoms with E-state index in [0.29, 0.717) is 22.8 Å². The molecule has 0 saturated heterocycles. The average molecular weight is 429 g/mol. The number of hydrogen-bond acceptors (Lipinski definition) is 7. The van der Waals surface area contributed by atoms with Crippen LogP contribution in [0.2, 0.25) is 0 Å². The smallest absolute Gasteiger partial charge is 0.188 e. The maximum atomic E-state index is 10.9. The Kier molecular flexibility index (Phi) is 6.23. The van der Waals surface area contributed by atoms with Crippen LogP contribution >= 0.6 is 0 Å². The van der Waals surface area contributed by atoms with E-state index in [1.165, 1.54) is 0 Å². The van der Waals surface area contributed by atoms with Gasteiger partial charge < -0.3 is 15.2 Å². The van der Waals surface area contributed by atoms with Crippen LogP contribution in [0.4, 0.5) is 5.82 Å². The molecule has 2 N–H and O–H groups in total. The van der Waals surface area contributed by atoms with Crippen LogP contribution in [0, 0.1) is 0 Å². The Hall–Kier alpha value is -4.04. The number of nitrogens with two attached hydrogens (primary N) is 1. The van der Waals surface area contributed by atoms with E-state index in [1.807, 2.05) is 60.3 Å². The lowest BCUT2D eigenvalue weighted by atomic mass is 10.1. The number of hydrogen-bond donors (Lipinski definition) is 1. The van der Waals surface area contributed by atoms with Crippen molar-refractivity contribution in [1.29, 1.82) is 0 Å². The number of para-hydroxylation sites is 1. The van der Waals surface area contributed by atoms with E-state index in [9.17, 15) is 4.79 Å². The first-order chi connectivity index (χ1) is 15.6. The first-order valence-corrected chi connectivity index (χ1v) is 10.0. The first kappa shape index (κ1) is 21.2. The Bertz CT molecular complexity index is 1220. The zero-order valence-electron chi connectivity index (χ0n) is 17.8. The van der Waals surface area contributed by atoms with Crippen LogP contribution in [0.5, 0.6) is 5.75 Å². The third-order valence-corrected chi connectivity index (χ3v) is 5.18. The van der Waals surface area contributed by atoms with Crippen molar-refractivity contribution in [3.05, 3.63) is 78.1 Å². The molecular formula is C24H23N5O3. The molecule has 0 radical (unpaired) electrons. The maximum Gasteiger partial charge on any atom is 0.188 e. The number of anilines is 1. The van der Waals surface area contributed by atoms with E-state index in [1.54, 1.807) is 25.4 Å². The number of rotatable bonds is 8. The minimum absolute atomic E-state index is 0.0249. The fourth-order valence-corrected chi connectivity index (χ4v) is 3.39. The Morgan fingerprint density at radius 2 is 1.88 bits per heavy atom. The molecule has 2 aromatic carbocycles. The highest BCUT2D eigenvalue weighted by Gasteiger charge is 2.15. The molecule has 2 aromatic heterocycles. The molecule has 8 nitrogen and oxygen atoms in total. The van der Waals surface area contributed by atoms with E-state index in [2.05, 4.69) is 15.3 Å². The number of methoxy groups -OCH3 is 1. The molecule has 0 aliphatic carbocycles. The van der Waals surface area contributed by atoms with Crippen LogP contribution < -0.4 is 10.5 Å². The highest BCUT2D eigenvalue weighted by Crippen LogP contribution is 2.33. The van der Waals surface area contributed by atoms with Crippen molar-refractivity contribution in [2.75, 3.05) is 19.6 Å². The fraction of sp³-hybridized carbons (Fsp3) is 0.167. The number of aromatic nitrogens is 4. The zero-order chi connectivity index (χ0) is 22.5. The Labute approximate surface area is 185 Å². The van der Waals surface area contributed by atoms with Crippen LogP contribution in [0.25, 0.3) is 22.4 Å². The summed E-state index contributed by atoms with van der Waals surface area (Å²) in [6, 6.07) is 16.8. The van der Waals surface area contributed by atoms with E-state index >= 15 is 0 Å². The van der Waals surface area contributed by atoms with Gasteiger partial charge in [0.15, 0.2) is 12.6 Å². The molecule has 0 bridgehead atoms. The number of carbonyl (C=O) groups excluding carboxylic acids is 1. The second kappa shape index (κ2) is 9.40. The van der Waals surface area contributed by atoms with E-state index in [-0.39, 0.29) is 12.8 Å². The van der Waals surface area contributed by atoms with Gasteiger partial charge in [-0.15, -0.1) is 10.2 Å². The van der Waals surface area contributed by atoms with Crippen LogP contribution in [0.15, 0.2) is 67.0 Å². The Balaban J connectivity index is 1.65. The number of benzene rings is 2. The largest absolute Gasteiger partial charge is 0.467 e. The van der Waals surface area contributed by atoms with Gasteiger partial charge in [-0.25, -0.2) is 0 Å². The number of carbonyl (C=O) groups is 1. The lowest BCUT2D eigenvalue weighted by molar-refractivity contribution is 0.0515. The monoisotopic (exact) mass is 429 g/mol. The molecule has 4 aromatic rings. The van der Waals surface area contributed by atoms with Gasteiger partial charge in [0, 0.05) is 35.6 Å². The summed E-state index contributed by atoms with van der Waals surface area (Å²) in [6.07, 6.45) is 4.50. The number of nitrogens with zero attached hydrogens (tertiary/aromatic N) is 4. The summed E-state index contributed by atoms with van der Waals surface area (Å²) in [4.78, 5) is 10.9. The lowest BCUT2D eigenvalue weighted by Gasteiger charge is -2.13. The molecule has 162 valence electrons. The van der Waals surface area contributed by atoms with Crippen molar-refractivity contribution in [2.45, 2.75) is 13.0 Å². The second-order valence-electron chi connectivity index (χ2n) is 7.25. The molecule has 0 saturated carbocycles. The van der Waals surface area contributed by atoms with Crippen molar-refractivity contribution in [3.8, 4) is 28.1 Å². The highest BCUT2D eigenvalue weighted by molar-refractivity contribution is 5.78. The predicted octanol–water partition coefficient (Wildman–Crippen LogP) is 3.99. The van der Waals surface area contributed by atoms with Gasteiger partial charge in [-0.1, -0.05) is 36.4 Å². The van der Waals surface area contributed by atoms with E-state index < -0.39 is 0 Å². The maximum absolute atomic E-state index is 10.9. The van der Waals surface area contributed by atoms with Gasteiger partial charge >= 0.3 is 0 Å². The van der Waals surface area contributed by atoms with Crippen LogP contribution in [-0.4, -0.2) is 40.2 Å². The molecule has 0 aliphatic heterocycles. The Morgan fingerprint density at radius 3 is 2.62 bits per heavy atom. The van der Waals surface area contributed by atoms with Crippen LogP contribution in [-0.2, 0) is 4.74 Å². The molecule has 1 atom stereocenters. The minimum Gasteiger partial charge on any atom is -0.467 e. The van der Waals surface area contributed by atoms with Gasteiger partial charge in [0.25, 0.3) is 0 Å². The average Bonchev–Trinajstić information content (AvgIpc) is 3.33. The summed E-state index contributed by atoms with van der Waals surface area (Å²) < 4.78 is 12.5. The van der Waals surface area contributed by atoms with Gasteiger partial charge in [-0.2, -0.15) is 5.10 Å². The van der Waals surface area contributed by atoms with Crippen molar-refractivity contribution in [1.82, 2.24) is 20.0 Å². The molecule has 0 aliphatic rings. The number of nitrogen functional groups attached to an aromatic ring is 1. The quantitative estimate of drug-likeness (QED) is 0.333. The standard InChI is InChI=1S/C24H23N5O3/c1-16(18-9-7-17(14-30)8-10-18)29-13-19(12-26-29)21-11-22(27-28-24(21)25)20-5-3-4-6-23(20)32-15-31-2/h3-14,16H,15H2,1-2H3,(H2,25,28). The zero-order valence-corrected chi connectivity index (χ0v) is 17.8. The number of ether oxygens (including phenoxy) is 2. The van der Waals surface area contributed by atoms with Crippen molar-refractivity contribution in [2.24, 2.45) is 0 Å². The summed E-state index contributed by atoms with van der Waals surface area (Å²) in [5, 5.41) is 12.9. The minimum atomic E-state index is -0.0249. The predicted molar refractivity (Wildman–Crippen MR) is 121 cm³/mol. The van der Waals surface area contributed by atoms with Crippen molar-refractivity contribution in [3.63, 3.8) is 0 Å². The number of aldehydes is 1. The molecule has 1 unspecified atom stereocenters. The van der Waals surface area contributed by atoms with E-state index in [4.69, 9.17) is 15.2 Å². The summed E-state index contributed by atoms with van der Waals surface area (Å²) in [5.74, 6) is 0.953. The Morgan fingerprint density at radius 1 is 1.09 bits per heavy atom. The third kappa shape index (κ3) is 4.35. The van der Waals surface area contributed by atoms with Crippen molar-refractivity contribution >= 4 is 12.1 Å². The molecule has 0 amide bonds. The van der Waals surface area contributed by atoms with Gasteiger partial charge in [0.05, 0.1) is 17.9 Å². The topological polar surface area (TPSA) is 105 Å². The molecule has 32 heavy (non-hydrogen) atoms. The summed E-state index contributed by atoms with van der Waals surface area (Å²) in [7, 11) is 1.57. The van der Waals surface area contributed by atoms with Crippen LogP contribution in [0.3, 0.4) is 0 Å². The van der Waals surface area contributed by atoms with Gasteiger partial charge in [0.2, 0.25) is 0 Å². The SMILES string of the molecule is COCOc1ccccc1-c1cc(-c2cnn(C(C)c3ccc(C=O)cc3)c2)c(N)nn1.